The summed E-state index contributed by atoms with van der Waals surface area (Å²) < 4.78 is 11.1. The van der Waals surface area contributed by atoms with Crippen LogP contribution in [0.5, 0.6) is 0 Å². The minimum atomic E-state index is -0.584. The van der Waals surface area contributed by atoms with Crippen LogP contribution in [0.25, 0.3) is 55.8 Å². The van der Waals surface area contributed by atoms with Gasteiger partial charge in [0.15, 0.2) is 0 Å². The number of pyridine rings is 2. The fourth-order valence-corrected chi connectivity index (χ4v) is 5.08. The summed E-state index contributed by atoms with van der Waals surface area (Å²) in [5.41, 5.74) is 4.67. The highest BCUT2D eigenvalue weighted by atomic mass is 16.5. The molecule has 6 heteroatoms. The van der Waals surface area contributed by atoms with Crippen molar-refractivity contribution in [1.29, 1.82) is 0 Å². The molecule has 0 radical (unpaired) electrons. The van der Waals surface area contributed by atoms with Gasteiger partial charge < -0.3 is 9.47 Å². The van der Waals surface area contributed by atoms with Gasteiger partial charge in [-0.15, -0.1) is 0 Å². The SMILES string of the molecule is CC(C)(COC(=O)C=Cc1c2ccccc2nc2ccccc12)COC(=O)C=Cc1c2ccccc2nc2ccccc12. The maximum Gasteiger partial charge on any atom is 0.330 e. The molecule has 0 fully saturated rings. The van der Waals surface area contributed by atoms with Gasteiger partial charge in [0.25, 0.3) is 0 Å². The quantitative estimate of drug-likeness (QED) is 0.106. The molecule has 212 valence electrons. The molecule has 2 heterocycles. The highest BCUT2D eigenvalue weighted by Crippen LogP contribution is 2.28. The van der Waals surface area contributed by atoms with E-state index in [4.69, 9.17) is 19.4 Å². The molecular weight excluding hydrogens is 536 g/mol. The predicted octanol–water partition coefficient (Wildman–Crippen LogP) is 7.93. The van der Waals surface area contributed by atoms with E-state index in [2.05, 4.69) is 0 Å². The first-order valence-corrected chi connectivity index (χ1v) is 14.1. The van der Waals surface area contributed by atoms with Gasteiger partial charge in [-0.2, -0.15) is 0 Å². The smallest absolute Gasteiger partial charge is 0.330 e. The van der Waals surface area contributed by atoms with E-state index in [1.54, 1.807) is 12.2 Å². The van der Waals surface area contributed by atoms with Gasteiger partial charge in [-0.05, 0) is 47.5 Å². The standard InChI is InChI=1S/C37H30N2O4/c1-37(2,23-42-35(40)21-19-25-27-11-3-7-15-31(27)38-32-16-8-4-12-28(25)32)24-43-36(41)22-20-26-29-13-5-9-17-33(29)39-34-18-10-6-14-30(26)34/h3-22H,23-24H2,1-2H3. The Kier molecular flexibility index (Phi) is 7.67. The van der Waals surface area contributed by atoms with Crippen LogP contribution in [-0.4, -0.2) is 35.1 Å². The minimum absolute atomic E-state index is 0.0879. The Morgan fingerprint density at radius 2 is 0.860 bits per heavy atom. The van der Waals surface area contributed by atoms with Crippen molar-refractivity contribution in [2.45, 2.75) is 13.8 Å². The van der Waals surface area contributed by atoms with Crippen LogP contribution in [0.15, 0.2) is 109 Å². The molecule has 0 unspecified atom stereocenters. The zero-order valence-electron chi connectivity index (χ0n) is 24.0. The first-order chi connectivity index (χ1) is 20.9. The van der Waals surface area contributed by atoms with Crippen molar-refractivity contribution in [2.24, 2.45) is 5.41 Å². The molecule has 0 aliphatic heterocycles. The number of ether oxygens (including phenoxy) is 2. The third kappa shape index (κ3) is 6.14. The molecule has 4 aromatic carbocycles. The summed E-state index contributed by atoms with van der Waals surface area (Å²) >= 11 is 0. The van der Waals surface area contributed by atoms with E-state index in [9.17, 15) is 9.59 Å². The van der Waals surface area contributed by atoms with Gasteiger partial charge in [0.1, 0.15) is 0 Å². The number of hydrogen-bond donors (Lipinski definition) is 0. The van der Waals surface area contributed by atoms with Crippen molar-refractivity contribution in [1.82, 2.24) is 9.97 Å². The van der Waals surface area contributed by atoms with Crippen LogP contribution in [0, 0.1) is 5.41 Å². The number of nitrogens with zero attached hydrogens (tertiary/aromatic N) is 2. The number of para-hydroxylation sites is 4. The minimum Gasteiger partial charge on any atom is -0.462 e. The highest BCUT2D eigenvalue weighted by molar-refractivity contribution is 6.05. The lowest BCUT2D eigenvalue weighted by Crippen LogP contribution is -2.28. The van der Waals surface area contributed by atoms with Gasteiger partial charge in [0.05, 0.1) is 35.3 Å². The van der Waals surface area contributed by atoms with Crippen LogP contribution in [0.4, 0.5) is 0 Å². The molecule has 0 atom stereocenters. The molecule has 0 N–H and O–H groups in total. The summed E-state index contributed by atoms with van der Waals surface area (Å²) in [5.74, 6) is -0.943. The number of carbonyl (C=O) groups excluding carboxylic acids is 2. The van der Waals surface area contributed by atoms with Crippen molar-refractivity contribution in [3.8, 4) is 0 Å². The Balaban J connectivity index is 1.10. The average molecular weight is 567 g/mol. The summed E-state index contributed by atoms with van der Waals surface area (Å²) in [6.45, 7) is 3.94. The lowest BCUT2D eigenvalue weighted by Gasteiger charge is -2.23. The molecule has 0 amide bonds. The Bertz CT molecular complexity index is 1800. The van der Waals surface area contributed by atoms with E-state index >= 15 is 0 Å². The summed E-state index contributed by atoms with van der Waals surface area (Å²) in [6.07, 6.45) is 6.42. The zero-order chi connectivity index (χ0) is 29.8. The van der Waals surface area contributed by atoms with Gasteiger partial charge in [0, 0.05) is 39.1 Å². The second-order valence-corrected chi connectivity index (χ2v) is 11.2. The fourth-order valence-electron chi connectivity index (χ4n) is 5.08. The van der Waals surface area contributed by atoms with E-state index in [0.717, 1.165) is 54.7 Å². The van der Waals surface area contributed by atoms with Crippen molar-refractivity contribution in [3.05, 3.63) is 120 Å². The van der Waals surface area contributed by atoms with Crippen LogP contribution in [0.1, 0.15) is 25.0 Å². The molecule has 0 aliphatic carbocycles. The molecule has 2 aromatic heterocycles. The first kappa shape index (κ1) is 27.8. The van der Waals surface area contributed by atoms with Gasteiger partial charge in [-0.25, -0.2) is 19.6 Å². The summed E-state index contributed by atoms with van der Waals surface area (Å²) in [7, 11) is 0. The molecular formula is C37H30N2O4. The Morgan fingerprint density at radius 3 is 1.19 bits per heavy atom. The molecule has 0 bridgehead atoms. The average Bonchev–Trinajstić information content (AvgIpc) is 3.03. The first-order valence-electron chi connectivity index (χ1n) is 14.1. The Morgan fingerprint density at radius 1 is 0.558 bits per heavy atom. The molecule has 6 aromatic rings. The number of fused-ring (bicyclic) bond motifs is 4. The molecule has 6 rings (SSSR count). The maximum absolute atomic E-state index is 12.7. The van der Waals surface area contributed by atoms with Crippen LogP contribution in [0.3, 0.4) is 0 Å². The van der Waals surface area contributed by atoms with Gasteiger partial charge in [-0.1, -0.05) is 86.6 Å². The lowest BCUT2D eigenvalue weighted by molar-refractivity contribution is -0.146. The number of esters is 2. The highest BCUT2D eigenvalue weighted by Gasteiger charge is 2.22. The molecule has 6 nitrogen and oxygen atoms in total. The van der Waals surface area contributed by atoms with E-state index < -0.39 is 17.4 Å². The molecule has 0 saturated carbocycles. The van der Waals surface area contributed by atoms with Crippen molar-refractivity contribution >= 4 is 67.7 Å². The maximum atomic E-state index is 12.7. The van der Waals surface area contributed by atoms with E-state index in [-0.39, 0.29) is 13.2 Å². The molecule has 43 heavy (non-hydrogen) atoms. The summed E-state index contributed by atoms with van der Waals surface area (Å²) in [6, 6.07) is 31.4. The topological polar surface area (TPSA) is 78.4 Å². The van der Waals surface area contributed by atoms with Crippen molar-refractivity contribution in [3.63, 3.8) is 0 Å². The molecule has 0 spiro atoms. The monoisotopic (exact) mass is 566 g/mol. The van der Waals surface area contributed by atoms with E-state index in [1.165, 1.54) is 12.2 Å². The number of aromatic nitrogens is 2. The summed E-state index contributed by atoms with van der Waals surface area (Å²) in [4.78, 5) is 34.8. The number of carbonyl (C=O) groups is 2. The normalized spacial score (nSPS) is 12.1. The second-order valence-electron chi connectivity index (χ2n) is 11.2. The fraction of sp³-hybridized carbons (Fsp3) is 0.135. The van der Waals surface area contributed by atoms with Crippen LogP contribution < -0.4 is 0 Å². The van der Waals surface area contributed by atoms with E-state index in [1.807, 2.05) is 111 Å². The predicted molar refractivity (Wildman–Crippen MR) is 172 cm³/mol. The Hall–Kier alpha value is -5.36. The number of benzene rings is 4. The van der Waals surface area contributed by atoms with Crippen molar-refractivity contribution < 1.29 is 19.1 Å². The van der Waals surface area contributed by atoms with Gasteiger partial charge in [-0.3, -0.25) is 0 Å². The zero-order valence-corrected chi connectivity index (χ0v) is 24.0. The van der Waals surface area contributed by atoms with E-state index in [0.29, 0.717) is 0 Å². The largest absolute Gasteiger partial charge is 0.462 e. The van der Waals surface area contributed by atoms with Crippen molar-refractivity contribution in [2.75, 3.05) is 13.2 Å². The Labute approximate surface area is 249 Å². The molecule has 0 saturated heterocycles. The third-order valence-electron chi connectivity index (χ3n) is 7.24. The number of rotatable bonds is 8. The van der Waals surface area contributed by atoms with Crippen LogP contribution >= 0.6 is 0 Å². The second kappa shape index (κ2) is 11.9. The third-order valence-corrected chi connectivity index (χ3v) is 7.24. The lowest BCUT2D eigenvalue weighted by atomic mass is 9.96. The van der Waals surface area contributed by atoms with Crippen LogP contribution in [0.2, 0.25) is 0 Å². The van der Waals surface area contributed by atoms with Gasteiger partial charge in [0.2, 0.25) is 0 Å². The number of hydrogen-bond acceptors (Lipinski definition) is 6. The summed E-state index contributed by atoms with van der Waals surface area (Å²) in [5, 5.41) is 3.83. The molecule has 0 aliphatic rings. The van der Waals surface area contributed by atoms with Gasteiger partial charge >= 0.3 is 11.9 Å². The van der Waals surface area contributed by atoms with Crippen LogP contribution in [-0.2, 0) is 19.1 Å².